The van der Waals surface area contributed by atoms with Gasteiger partial charge in [0.25, 0.3) is 0 Å². The van der Waals surface area contributed by atoms with Crippen molar-refractivity contribution in [2.45, 2.75) is 77.6 Å². The van der Waals surface area contributed by atoms with E-state index in [0.29, 0.717) is 32.6 Å². The van der Waals surface area contributed by atoms with E-state index in [4.69, 9.17) is 0 Å². The number of rotatable bonds is 10. The highest BCUT2D eigenvalue weighted by Crippen LogP contribution is 2.32. The van der Waals surface area contributed by atoms with E-state index < -0.39 is 12.0 Å². The quantitative estimate of drug-likeness (QED) is 0.317. The third-order valence-electron chi connectivity index (χ3n) is 7.77. The molecule has 3 unspecified atom stereocenters. The molecule has 3 atom stereocenters. The molecule has 2 aromatic carbocycles. The largest absolute Gasteiger partial charge is 0.393 e. The maximum Gasteiger partial charge on any atom is 0.320 e. The fourth-order valence-corrected chi connectivity index (χ4v) is 6.72. The predicted octanol–water partition coefficient (Wildman–Crippen LogP) is 6.28. The van der Waals surface area contributed by atoms with Crippen LogP contribution < -0.4 is 0 Å². The zero-order valence-corrected chi connectivity index (χ0v) is 25.0. The van der Waals surface area contributed by atoms with Gasteiger partial charge in [0, 0.05) is 29.4 Å². The molecule has 1 aliphatic heterocycles. The highest BCUT2D eigenvalue weighted by molar-refractivity contribution is 7.11. The van der Waals surface area contributed by atoms with Gasteiger partial charge in [0.2, 0.25) is 5.91 Å². The summed E-state index contributed by atoms with van der Waals surface area (Å²) in [6, 6.07) is 23.7. The van der Waals surface area contributed by atoms with Crippen molar-refractivity contribution in [1.29, 1.82) is 0 Å². The Morgan fingerprint density at radius 3 is 2.02 bits per heavy atom. The van der Waals surface area contributed by atoms with E-state index in [0.717, 1.165) is 24.0 Å². The Labute approximate surface area is 243 Å². The first-order valence-electron chi connectivity index (χ1n) is 14.5. The Morgan fingerprint density at radius 2 is 1.52 bits per heavy atom. The number of hydrogen-bond acceptors (Lipinski definition) is 4. The summed E-state index contributed by atoms with van der Waals surface area (Å²) in [5.74, 6) is -0.421. The van der Waals surface area contributed by atoms with Crippen molar-refractivity contribution in [1.82, 2.24) is 14.7 Å². The van der Waals surface area contributed by atoms with E-state index >= 15 is 0 Å². The molecule has 0 spiro atoms. The van der Waals surface area contributed by atoms with E-state index in [-0.39, 0.29) is 24.0 Å². The highest BCUT2D eigenvalue weighted by atomic mass is 32.1. The minimum atomic E-state index is -0.594. The fourth-order valence-electron chi connectivity index (χ4n) is 5.82. The van der Waals surface area contributed by atoms with Crippen LogP contribution >= 0.6 is 11.3 Å². The van der Waals surface area contributed by atoms with E-state index in [9.17, 15) is 14.7 Å². The zero-order valence-electron chi connectivity index (χ0n) is 24.2. The van der Waals surface area contributed by atoms with Gasteiger partial charge in [0.05, 0.1) is 30.7 Å². The van der Waals surface area contributed by atoms with E-state index in [1.165, 1.54) is 9.75 Å². The molecule has 214 valence electrons. The Bertz CT molecular complexity index is 1190. The number of hydrogen-bond donors (Lipinski definition) is 1. The zero-order chi connectivity index (χ0) is 28.6. The summed E-state index contributed by atoms with van der Waals surface area (Å²) in [6.45, 7) is 10.0. The topological polar surface area (TPSA) is 64.1 Å². The SMILES string of the molecule is CCCC1CN(C(=O)C(c2ccccc2)c2ccccc2)C(CC(C)O)CN1C(=O)N(CC)Cc1ccc(C)s1. The van der Waals surface area contributed by atoms with Gasteiger partial charge in [0.1, 0.15) is 0 Å². The van der Waals surface area contributed by atoms with Crippen molar-refractivity contribution >= 4 is 23.3 Å². The molecule has 3 aromatic rings. The lowest BCUT2D eigenvalue weighted by Gasteiger charge is -2.48. The van der Waals surface area contributed by atoms with Crippen molar-refractivity contribution in [2.24, 2.45) is 0 Å². The van der Waals surface area contributed by atoms with Crippen LogP contribution in [0.3, 0.4) is 0 Å². The molecule has 0 radical (unpaired) electrons. The second-order valence-corrected chi connectivity index (χ2v) is 12.3. The van der Waals surface area contributed by atoms with Crippen LogP contribution in [0, 0.1) is 6.92 Å². The average molecular weight is 562 g/mol. The van der Waals surface area contributed by atoms with Gasteiger partial charge in [-0.2, -0.15) is 0 Å². The second kappa shape index (κ2) is 14.0. The lowest BCUT2D eigenvalue weighted by Crippen LogP contribution is -2.64. The predicted molar refractivity (Wildman–Crippen MR) is 162 cm³/mol. The molecule has 40 heavy (non-hydrogen) atoms. The summed E-state index contributed by atoms with van der Waals surface area (Å²) in [4.78, 5) is 36.7. The second-order valence-electron chi connectivity index (χ2n) is 10.9. The first-order chi connectivity index (χ1) is 19.3. The number of aliphatic hydroxyl groups is 1. The number of nitrogens with zero attached hydrogens (tertiary/aromatic N) is 3. The third kappa shape index (κ3) is 7.12. The molecule has 4 rings (SSSR count). The smallest absolute Gasteiger partial charge is 0.320 e. The van der Waals surface area contributed by atoms with Gasteiger partial charge in [0.15, 0.2) is 0 Å². The van der Waals surface area contributed by atoms with Crippen LogP contribution in [-0.2, 0) is 11.3 Å². The molecule has 7 heteroatoms. The van der Waals surface area contributed by atoms with E-state index in [2.05, 4.69) is 26.0 Å². The molecule has 0 aliphatic carbocycles. The van der Waals surface area contributed by atoms with Gasteiger partial charge < -0.3 is 19.8 Å². The summed E-state index contributed by atoms with van der Waals surface area (Å²) >= 11 is 1.72. The lowest BCUT2D eigenvalue weighted by atomic mass is 9.88. The maximum absolute atomic E-state index is 14.5. The van der Waals surface area contributed by atoms with E-state index in [1.54, 1.807) is 18.3 Å². The highest BCUT2D eigenvalue weighted by Gasteiger charge is 2.42. The first kappa shape index (κ1) is 29.8. The molecule has 2 heterocycles. The van der Waals surface area contributed by atoms with Gasteiger partial charge in [-0.15, -0.1) is 11.3 Å². The number of urea groups is 1. The molecule has 0 bridgehead atoms. The van der Waals surface area contributed by atoms with Crippen molar-refractivity contribution in [3.63, 3.8) is 0 Å². The molecular weight excluding hydrogens is 518 g/mol. The molecule has 1 fully saturated rings. The monoisotopic (exact) mass is 561 g/mol. The van der Waals surface area contributed by atoms with Crippen LogP contribution in [0.5, 0.6) is 0 Å². The maximum atomic E-state index is 14.5. The number of carbonyl (C=O) groups excluding carboxylic acids is 2. The number of aryl methyl sites for hydroxylation is 1. The van der Waals surface area contributed by atoms with Gasteiger partial charge in [-0.25, -0.2) is 4.79 Å². The molecular formula is C33H43N3O3S. The Balaban J connectivity index is 1.65. The van der Waals surface area contributed by atoms with Crippen molar-refractivity contribution in [3.05, 3.63) is 93.7 Å². The number of aliphatic hydroxyl groups excluding tert-OH is 1. The molecule has 3 amide bonds. The molecule has 1 N–H and O–H groups in total. The molecule has 1 saturated heterocycles. The first-order valence-corrected chi connectivity index (χ1v) is 15.3. The van der Waals surface area contributed by atoms with Crippen LogP contribution in [0.1, 0.15) is 66.8 Å². The third-order valence-corrected chi connectivity index (χ3v) is 8.75. The van der Waals surface area contributed by atoms with Gasteiger partial charge in [-0.05, 0) is 56.9 Å². The van der Waals surface area contributed by atoms with Crippen LogP contribution in [-0.4, -0.2) is 69.6 Å². The normalized spacial score (nSPS) is 18.1. The summed E-state index contributed by atoms with van der Waals surface area (Å²) in [5, 5.41) is 10.5. The number of amides is 3. The van der Waals surface area contributed by atoms with Crippen LogP contribution in [0.25, 0.3) is 0 Å². The fraction of sp³-hybridized carbons (Fsp3) is 0.455. The standard InChI is InChI=1S/C33H43N3O3S/c1-5-13-28-21-35(32(38)31(26-14-9-7-10-15-26)27-16-11-8-12-17-27)29(20-24(3)37)22-36(28)33(39)34(6-2)23-30-19-18-25(4)40-30/h7-12,14-19,24,28-29,31,37H,5-6,13,20-23H2,1-4H3. The number of carbonyl (C=O) groups is 2. The lowest BCUT2D eigenvalue weighted by molar-refractivity contribution is -0.139. The molecule has 1 aromatic heterocycles. The summed E-state index contributed by atoms with van der Waals surface area (Å²) in [7, 11) is 0. The van der Waals surface area contributed by atoms with Crippen molar-refractivity contribution < 1.29 is 14.7 Å². The molecule has 6 nitrogen and oxygen atoms in total. The Hall–Kier alpha value is -3.16. The molecule has 0 saturated carbocycles. The average Bonchev–Trinajstić information content (AvgIpc) is 3.37. The number of piperazine rings is 1. The van der Waals surface area contributed by atoms with Gasteiger partial charge in [-0.1, -0.05) is 74.0 Å². The van der Waals surface area contributed by atoms with Crippen molar-refractivity contribution in [3.8, 4) is 0 Å². The van der Waals surface area contributed by atoms with Gasteiger partial charge in [-0.3, -0.25) is 4.79 Å². The van der Waals surface area contributed by atoms with E-state index in [1.807, 2.05) is 82.3 Å². The minimum Gasteiger partial charge on any atom is -0.393 e. The minimum absolute atomic E-state index is 0.0114. The molecule has 1 aliphatic rings. The van der Waals surface area contributed by atoms with Crippen molar-refractivity contribution in [2.75, 3.05) is 19.6 Å². The van der Waals surface area contributed by atoms with Crippen LogP contribution in [0.4, 0.5) is 4.79 Å². The Morgan fingerprint density at radius 1 is 0.925 bits per heavy atom. The summed E-state index contributed by atoms with van der Waals surface area (Å²) < 4.78 is 0. The Kier molecular flexibility index (Phi) is 10.4. The van der Waals surface area contributed by atoms with Crippen LogP contribution in [0.2, 0.25) is 0 Å². The summed E-state index contributed by atoms with van der Waals surface area (Å²) in [6.07, 6.45) is 1.55. The van der Waals surface area contributed by atoms with Gasteiger partial charge >= 0.3 is 6.03 Å². The number of benzene rings is 2. The van der Waals surface area contributed by atoms with Crippen LogP contribution in [0.15, 0.2) is 72.8 Å². The summed E-state index contributed by atoms with van der Waals surface area (Å²) in [5.41, 5.74) is 1.90. The number of thiophene rings is 1.